The largest absolute Gasteiger partial charge is 0.455 e. The molecule has 0 saturated heterocycles. The van der Waals surface area contributed by atoms with E-state index in [4.69, 9.17) is 4.74 Å². The van der Waals surface area contributed by atoms with E-state index in [2.05, 4.69) is 5.32 Å². The van der Waals surface area contributed by atoms with E-state index in [-0.39, 0.29) is 19.1 Å². The number of nitrogens with one attached hydrogen (secondary N) is 1. The molecule has 0 spiro atoms. The number of ether oxygens (including phenoxy) is 1. The second-order valence-electron chi connectivity index (χ2n) is 7.64. The van der Waals surface area contributed by atoms with Crippen molar-refractivity contribution in [3.63, 3.8) is 0 Å². The van der Waals surface area contributed by atoms with E-state index in [1.54, 1.807) is 0 Å². The maximum absolute atomic E-state index is 12.5. The third kappa shape index (κ3) is 7.39. The Labute approximate surface area is 183 Å². The van der Waals surface area contributed by atoms with E-state index in [0.29, 0.717) is 13.1 Å². The van der Waals surface area contributed by atoms with Crippen LogP contribution in [0.4, 0.5) is 5.69 Å². The number of aryl methyl sites for hydroxylation is 2. The van der Waals surface area contributed by atoms with Crippen LogP contribution >= 0.6 is 0 Å². The fourth-order valence-corrected chi connectivity index (χ4v) is 3.37. The molecule has 0 unspecified atom stereocenters. The molecule has 0 heterocycles. The van der Waals surface area contributed by atoms with Gasteiger partial charge in [0.2, 0.25) is 0 Å². The topological polar surface area (TPSA) is 58.6 Å². The van der Waals surface area contributed by atoms with Gasteiger partial charge < -0.3 is 10.1 Å². The number of amides is 1. The highest BCUT2D eigenvalue weighted by Crippen LogP contribution is 2.16. The summed E-state index contributed by atoms with van der Waals surface area (Å²) in [6, 6.07) is 25.7. The Morgan fingerprint density at radius 2 is 1.42 bits per heavy atom. The minimum absolute atomic E-state index is 0.0978. The smallest absolute Gasteiger partial charge is 0.320 e. The Morgan fingerprint density at radius 3 is 1.97 bits per heavy atom. The normalized spacial score (nSPS) is 10.7. The number of carbonyl (C=O) groups excluding carboxylic acids is 2. The molecule has 160 valence electrons. The van der Waals surface area contributed by atoms with Crippen molar-refractivity contribution in [3.05, 3.63) is 101 Å². The molecule has 3 aromatic rings. The Hall–Kier alpha value is -3.44. The molecule has 31 heavy (non-hydrogen) atoms. The summed E-state index contributed by atoms with van der Waals surface area (Å²) < 4.78 is 5.25. The minimum atomic E-state index is -0.428. The van der Waals surface area contributed by atoms with Gasteiger partial charge in [-0.15, -0.1) is 0 Å². The highest BCUT2D eigenvalue weighted by molar-refractivity contribution is 5.93. The Bertz CT molecular complexity index is 962. The Balaban J connectivity index is 1.55. The highest BCUT2D eigenvalue weighted by atomic mass is 16.5. The minimum Gasteiger partial charge on any atom is -0.455 e. The molecule has 0 aliphatic rings. The summed E-state index contributed by atoms with van der Waals surface area (Å²) in [5, 5.41) is 2.80. The van der Waals surface area contributed by atoms with Gasteiger partial charge in [-0.2, -0.15) is 0 Å². The van der Waals surface area contributed by atoms with Gasteiger partial charge in [0, 0.05) is 18.8 Å². The maximum Gasteiger partial charge on any atom is 0.320 e. The molecule has 0 aliphatic carbocycles. The molecule has 5 heteroatoms. The lowest BCUT2D eigenvalue weighted by atomic mass is 10.1. The fourth-order valence-electron chi connectivity index (χ4n) is 3.37. The number of hydrogen-bond acceptors (Lipinski definition) is 4. The standard InChI is InChI=1S/C26H28N2O3/c1-20-13-14-24(21(2)15-20)27-25(29)19-31-26(30)18-28(16-22-9-5-3-6-10-22)17-23-11-7-4-8-12-23/h3-15H,16-19H2,1-2H3,(H,27,29). The third-order valence-electron chi connectivity index (χ3n) is 4.87. The molecule has 0 fully saturated rings. The third-order valence-corrected chi connectivity index (χ3v) is 4.87. The van der Waals surface area contributed by atoms with Crippen LogP contribution in [-0.4, -0.2) is 29.9 Å². The van der Waals surface area contributed by atoms with Crippen molar-refractivity contribution in [3.8, 4) is 0 Å². The lowest BCUT2D eigenvalue weighted by Crippen LogP contribution is -2.32. The van der Waals surface area contributed by atoms with Crippen LogP contribution in [0.3, 0.4) is 0 Å². The summed E-state index contributed by atoms with van der Waals surface area (Å²) in [7, 11) is 0. The fraction of sp³-hybridized carbons (Fsp3) is 0.231. The van der Waals surface area contributed by atoms with E-state index >= 15 is 0 Å². The van der Waals surface area contributed by atoms with Crippen molar-refractivity contribution in [2.24, 2.45) is 0 Å². The zero-order valence-corrected chi connectivity index (χ0v) is 18.0. The van der Waals surface area contributed by atoms with Crippen molar-refractivity contribution in [2.75, 3.05) is 18.5 Å². The predicted octanol–water partition coefficient (Wildman–Crippen LogP) is 4.49. The molecular weight excluding hydrogens is 388 g/mol. The molecule has 3 aromatic carbocycles. The zero-order valence-electron chi connectivity index (χ0n) is 18.0. The summed E-state index contributed by atoms with van der Waals surface area (Å²) in [5.74, 6) is -0.777. The van der Waals surface area contributed by atoms with Gasteiger partial charge in [-0.1, -0.05) is 78.4 Å². The molecular formula is C26H28N2O3. The van der Waals surface area contributed by atoms with Crippen molar-refractivity contribution in [1.82, 2.24) is 4.90 Å². The van der Waals surface area contributed by atoms with Crippen molar-refractivity contribution in [1.29, 1.82) is 0 Å². The van der Waals surface area contributed by atoms with Crippen molar-refractivity contribution in [2.45, 2.75) is 26.9 Å². The highest BCUT2D eigenvalue weighted by Gasteiger charge is 2.15. The second kappa shape index (κ2) is 11.1. The van der Waals surface area contributed by atoms with Crippen LogP contribution in [0.5, 0.6) is 0 Å². The number of hydrogen-bond donors (Lipinski definition) is 1. The van der Waals surface area contributed by atoms with Crippen LogP contribution in [0, 0.1) is 13.8 Å². The first-order valence-electron chi connectivity index (χ1n) is 10.3. The van der Waals surface area contributed by atoms with Gasteiger partial charge in [-0.05, 0) is 36.6 Å². The summed E-state index contributed by atoms with van der Waals surface area (Å²) in [5.41, 5.74) is 5.04. The lowest BCUT2D eigenvalue weighted by Gasteiger charge is -2.21. The average molecular weight is 417 g/mol. The molecule has 0 saturated carbocycles. The quantitative estimate of drug-likeness (QED) is 0.522. The van der Waals surface area contributed by atoms with Gasteiger partial charge in [-0.3, -0.25) is 14.5 Å². The van der Waals surface area contributed by atoms with Gasteiger partial charge in [0.15, 0.2) is 6.61 Å². The molecule has 1 amide bonds. The molecule has 0 atom stereocenters. The van der Waals surface area contributed by atoms with Crippen LogP contribution in [0.15, 0.2) is 78.9 Å². The summed E-state index contributed by atoms with van der Waals surface area (Å²) in [6.45, 7) is 4.94. The van der Waals surface area contributed by atoms with E-state index in [1.165, 1.54) is 0 Å². The van der Waals surface area contributed by atoms with Crippen LogP contribution in [0.1, 0.15) is 22.3 Å². The summed E-state index contributed by atoms with van der Waals surface area (Å²) in [4.78, 5) is 26.7. The lowest BCUT2D eigenvalue weighted by molar-refractivity contribution is -0.148. The van der Waals surface area contributed by atoms with Gasteiger partial charge in [0.05, 0.1) is 6.54 Å². The second-order valence-corrected chi connectivity index (χ2v) is 7.64. The van der Waals surface area contributed by atoms with Gasteiger partial charge in [-0.25, -0.2) is 0 Å². The van der Waals surface area contributed by atoms with Crippen LogP contribution in [0.25, 0.3) is 0 Å². The maximum atomic E-state index is 12.5. The van der Waals surface area contributed by atoms with E-state index < -0.39 is 5.97 Å². The number of esters is 1. The molecule has 0 aromatic heterocycles. The molecule has 0 aliphatic heterocycles. The Morgan fingerprint density at radius 1 is 0.839 bits per heavy atom. The number of anilines is 1. The van der Waals surface area contributed by atoms with Crippen LogP contribution < -0.4 is 5.32 Å². The van der Waals surface area contributed by atoms with E-state index in [1.807, 2.05) is 97.6 Å². The first-order valence-corrected chi connectivity index (χ1v) is 10.3. The zero-order chi connectivity index (χ0) is 22.1. The first kappa shape index (κ1) is 22.2. The number of nitrogens with zero attached hydrogens (tertiary/aromatic N) is 1. The monoisotopic (exact) mass is 416 g/mol. The SMILES string of the molecule is Cc1ccc(NC(=O)COC(=O)CN(Cc2ccccc2)Cc2ccccc2)c(C)c1. The molecule has 5 nitrogen and oxygen atoms in total. The van der Waals surface area contributed by atoms with E-state index in [9.17, 15) is 9.59 Å². The summed E-state index contributed by atoms with van der Waals surface area (Å²) >= 11 is 0. The molecule has 1 N–H and O–H groups in total. The molecule has 3 rings (SSSR count). The average Bonchev–Trinajstić information content (AvgIpc) is 2.76. The number of rotatable bonds is 9. The first-order chi connectivity index (χ1) is 15.0. The number of benzene rings is 3. The van der Waals surface area contributed by atoms with Crippen LogP contribution in [-0.2, 0) is 27.4 Å². The summed E-state index contributed by atoms with van der Waals surface area (Å²) in [6.07, 6.45) is 0. The van der Waals surface area contributed by atoms with Crippen LogP contribution in [0.2, 0.25) is 0 Å². The van der Waals surface area contributed by atoms with Gasteiger partial charge in [0.25, 0.3) is 5.91 Å². The van der Waals surface area contributed by atoms with Gasteiger partial charge in [0.1, 0.15) is 0 Å². The van der Waals surface area contributed by atoms with Crippen molar-refractivity contribution >= 4 is 17.6 Å². The van der Waals surface area contributed by atoms with Gasteiger partial charge >= 0.3 is 5.97 Å². The van der Waals surface area contributed by atoms with E-state index in [0.717, 1.165) is 27.9 Å². The predicted molar refractivity (Wildman–Crippen MR) is 123 cm³/mol. The van der Waals surface area contributed by atoms with Crippen molar-refractivity contribution < 1.29 is 14.3 Å². The Kier molecular flexibility index (Phi) is 7.96. The molecule has 0 bridgehead atoms. The number of carbonyl (C=O) groups is 2. The molecule has 0 radical (unpaired) electrons.